The van der Waals surface area contributed by atoms with Crippen LogP contribution in [0.2, 0.25) is 5.02 Å². The summed E-state index contributed by atoms with van der Waals surface area (Å²) in [5, 5.41) is 8.18. The predicted molar refractivity (Wildman–Crippen MR) is 88.4 cm³/mol. The number of anilines is 4. The number of benzene rings is 1. The lowest BCUT2D eigenvalue weighted by molar-refractivity contribution is -0.137. The van der Waals surface area contributed by atoms with Gasteiger partial charge in [0.15, 0.2) is 0 Å². The minimum atomic E-state index is -4.57. The molecule has 0 saturated carbocycles. The summed E-state index contributed by atoms with van der Waals surface area (Å²) in [6.07, 6.45) is -3.88. The third-order valence-electron chi connectivity index (χ3n) is 3.83. The molecule has 1 aromatic carbocycles. The van der Waals surface area contributed by atoms with Gasteiger partial charge in [0, 0.05) is 18.9 Å². The van der Waals surface area contributed by atoms with Crippen LogP contribution >= 0.6 is 11.6 Å². The van der Waals surface area contributed by atoms with E-state index in [-0.39, 0.29) is 23.6 Å². The van der Waals surface area contributed by atoms with Gasteiger partial charge in [-0.25, -0.2) is 4.98 Å². The van der Waals surface area contributed by atoms with E-state index < -0.39 is 11.7 Å². The number of hydrogen-bond acceptors (Lipinski definition) is 5. The van der Waals surface area contributed by atoms with Gasteiger partial charge in [0.25, 0.3) is 0 Å². The molecule has 1 amide bonds. The van der Waals surface area contributed by atoms with Crippen LogP contribution in [0.4, 0.5) is 36.3 Å². The SMILES string of the molecule is CNc1nc(Nc2cc3c(cc2Cl)C(C)C(=O)N3)ncc1C(F)(F)F. The van der Waals surface area contributed by atoms with Gasteiger partial charge in [-0.3, -0.25) is 4.79 Å². The molecule has 1 aromatic heterocycles. The van der Waals surface area contributed by atoms with E-state index in [4.69, 9.17) is 11.6 Å². The molecule has 132 valence electrons. The summed E-state index contributed by atoms with van der Waals surface area (Å²) < 4.78 is 38.6. The first kappa shape index (κ1) is 17.3. The molecule has 1 unspecified atom stereocenters. The van der Waals surface area contributed by atoms with Crippen molar-refractivity contribution in [3.63, 3.8) is 0 Å². The average Bonchev–Trinajstić information content (AvgIpc) is 2.81. The van der Waals surface area contributed by atoms with Crippen molar-refractivity contribution in [3.05, 3.63) is 34.5 Å². The van der Waals surface area contributed by atoms with E-state index in [1.54, 1.807) is 19.1 Å². The number of rotatable bonds is 3. The van der Waals surface area contributed by atoms with E-state index in [1.807, 2.05) is 0 Å². The van der Waals surface area contributed by atoms with Gasteiger partial charge in [0.2, 0.25) is 11.9 Å². The Hall–Kier alpha value is -2.55. The zero-order valence-electron chi connectivity index (χ0n) is 13.1. The van der Waals surface area contributed by atoms with Crippen LogP contribution in [0.3, 0.4) is 0 Å². The van der Waals surface area contributed by atoms with Gasteiger partial charge >= 0.3 is 6.18 Å². The summed E-state index contributed by atoms with van der Waals surface area (Å²) >= 11 is 6.20. The Morgan fingerprint density at radius 1 is 1.32 bits per heavy atom. The molecule has 0 spiro atoms. The second-order valence-electron chi connectivity index (χ2n) is 5.46. The molecule has 25 heavy (non-hydrogen) atoms. The van der Waals surface area contributed by atoms with Crippen molar-refractivity contribution in [2.45, 2.75) is 19.0 Å². The molecule has 10 heteroatoms. The first-order valence-electron chi connectivity index (χ1n) is 7.24. The van der Waals surface area contributed by atoms with Gasteiger partial charge in [0.05, 0.1) is 16.6 Å². The predicted octanol–water partition coefficient (Wildman–Crippen LogP) is 3.99. The Bertz CT molecular complexity index is 856. The van der Waals surface area contributed by atoms with E-state index in [9.17, 15) is 18.0 Å². The number of nitrogens with zero attached hydrogens (tertiary/aromatic N) is 2. The number of aromatic nitrogens is 2. The summed E-state index contributed by atoms with van der Waals surface area (Å²) in [6.45, 7) is 1.75. The van der Waals surface area contributed by atoms with Crippen LogP contribution in [0.25, 0.3) is 0 Å². The maximum atomic E-state index is 12.9. The van der Waals surface area contributed by atoms with Crippen molar-refractivity contribution in [1.82, 2.24) is 9.97 Å². The number of alkyl halides is 3. The zero-order valence-corrected chi connectivity index (χ0v) is 13.9. The lowest BCUT2D eigenvalue weighted by atomic mass is 10.0. The highest BCUT2D eigenvalue weighted by molar-refractivity contribution is 6.33. The van der Waals surface area contributed by atoms with E-state index >= 15 is 0 Å². The molecule has 0 bridgehead atoms. The van der Waals surface area contributed by atoms with Crippen molar-refractivity contribution >= 4 is 40.6 Å². The average molecular weight is 372 g/mol. The highest BCUT2D eigenvalue weighted by Crippen LogP contribution is 2.39. The summed E-state index contributed by atoms with van der Waals surface area (Å²) in [4.78, 5) is 19.2. The van der Waals surface area contributed by atoms with Crippen LogP contribution in [-0.4, -0.2) is 22.9 Å². The number of amides is 1. The Morgan fingerprint density at radius 2 is 2.04 bits per heavy atom. The highest BCUT2D eigenvalue weighted by atomic mass is 35.5. The maximum absolute atomic E-state index is 12.9. The van der Waals surface area contributed by atoms with E-state index in [0.29, 0.717) is 22.6 Å². The van der Waals surface area contributed by atoms with Gasteiger partial charge in [0.1, 0.15) is 11.4 Å². The number of carbonyl (C=O) groups excluding carboxylic acids is 1. The molecule has 0 aliphatic carbocycles. The van der Waals surface area contributed by atoms with Gasteiger partial charge in [-0.05, 0) is 24.6 Å². The van der Waals surface area contributed by atoms with Gasteiger partial charge in [-0.15, -0.1) is 0 Å². The first-order chi connectivity index (χ1) is 11.7. The van der Waals surface area contributed by atoms with Crippen molar-refractivity contribution < 1.29 is 18.0 Å². The fraction of sp³-hybridized carbons (Fsp3) is 0.267. The third-order valence-corrected chi connectivity index (χ3v) is 4.15. The van der Waals surface area contributed by atoms with Crippen LogP contribution in [0.1, 0.15) is 24.0 Å². The first-order valence-corrected chi connectivity index (χ1v) is 7.62. The standard InChI is InChI=1S/C15H13ClF3N5O/c1-6-7-3-9(16)11(4-10(7)22-13(6)25)23-14-21-5-8(15(17,18)19)12(20-2)24-14/h3-6H,1-2H3,(H,22,25)(H2,20,21,23,24). The lowest BCUT2D eigenvalue weighted by Crippen LogP contribution is -2.12. The second-order valence-corrected chi connectivity index (χ2v) is 5.87. The van der Waals surface area contributed by atoms with Crippen molar-refractivity contribution in [2.75, 3.05) is 23.0 Å². The minimum absolute atomic E-state index is 0.0587. The monoisotopic (exact) mass is 371 g/mol. The van der Waals surface area contributed by atoms with Crippen LogP contribution < -0.4 is 16.0 Å². The van der Waals surface area contributed by atoms with Crippen molar-refractivity contribution in [2.24, 2.45) is 0 Å². The molecule has 1 aliphatic heterocycles. The molecule has 1 atom stereocenters. The molecule has 0 fully saturated rings. The molecule has 2 heterocycles. The Morgan fingerprint density at radius 3 is 2.68 bits per heavy atom. The fourth-order valence-electron chi connectivity index (χ4n) is 2.49. The topological polar surface area (TPSA) is 78.9 Å². The molecule has 3 N–H and O–H groups in total. The van der Waals surface area contributed by atoms with Crippen molar-refractivity contribution in [3.8, 4) is 0 Å². The molecule has 0 radical (unpaired) electrons. The van der Waals surface area contributed by atoms with Crippen LogP contribution in [0.15, 0.2) is 18.3 Å². The maximum Gasteiger partial charge on any atom is 0.421 e. The van der Waals surface area contributed by atoms with Gasteiger partial charge in [-0.2, -0.15) is 18.2 Å². The van der Waals surface area contributed by atoms with Crippen LogP contribution in [0.5, 0.6) is 0 Å². The molecule has 2 aromatic rings. The molecule has 3 rings (SSSR count). The molecule has 1 aliphatic rings. The summed E-state index contributed by atoms with van der Waals surface area (Å²) in [7, 11) is 1.33. The summed E-state index contributed by atoms with van der Waals surface area (Å²) in [5.41, 5.74) is 0.744. The largest absolute Gasteiger partial charge is 0.421 e. The normalized spacial score (nSPS) is 16.4. The molecular weight excluding hydrogens is 359 g/mol. The van der Waals surface area contributed by atoms with Crippen LogP contribution in [-0.2, 0) is 11.0 Å². The zero-order chi connectivity index (χ0) is 18.4. The Kier molecular flexibility index (Phi) is 4.19. The quantitative estimate of drug-likeness (QED) is 0.760. The van der Waals surface area contributed by atoms with Crippen molar-refractivity contribution in [1.29, 1.82) is 0 Å². The number of hydrogen-bond donors (Lipinski definition) is 3. The number of fused-ring (bicyclic) bond motifs is 1. The second kappa shape index (κ2) is 6.07. The summed E-state index contributed by atoms with van der Waals surface area (Å²) in [5.74, 6) is -0.882. The number of nitrogens with one attached hydrogen (secondary N) is 3. The Labute approximate surface area is 145 Å². The smallest absolute Gasteiger partial charge is 0.372 e. The van der Waals surface area contributed by atoms with E-state index in [0.717, 1.165) is 5.56 Å². The molecular formula is C15H13ClF3N5O. The van der Waals surface area contributed by atoms with E-state index in [1.165, 1.54) is 7.05 Å². The van der Waals surface area contributed by atoms with E-state index in [2.05, 4.69) is 25.9 Å². The fourth-order valence-corrected chi connectivity index (χ4v) is 2.71. The molecule has 6 nitrogen and oxygen atoms in total. The minimum Gasteiger partial charge on any atom is -0.372 e. The van der Waals surface area contributed by atoms with Gasteiger partial charge < -0.3 is 16.0 Å². The van der Waals surface area contributed by atoms with Gasteiger partial charge in [-0.1, -0.05) is 11.6 Å². The summed E-state index contributed by atoms with van der Waals surface area (Å²) in [6, 6.07) is 3.23. The lowest BCUT2D eigenvalue weighted by Gasteiger charge is -2.14. The number of carbonyl (C=O) groups is 1. The highest BCUT2D eigenvalue weighted by Gasteiger charge is 2.35. The third kappa shape index (κ3) is 3.19. The Balaban J connectivity index is 1.94. The molecule has 0 saturated heterocycles. The number of halogens is 4. The van der Waals surface area contributed by atoms with Crippen LogP contribution in [0, 0.1) is 0 Å².